The fourth-order valence-electron chi connectivity index (χ4n) is 3.16. The second-order valence-electron chi connectivity index (χ2n) is 5.65. The molecule has 2 aromatic heterocycles. The highest BCUT2D eigenvalue weighted by Crippen LogP contribution is 2.37. The van der Waals surface area contributed by atoms with Crippen LogP contribution >= 0.6 is 0 Å². The van der Waals surface area contributed by atoms with E-state index in [1.165, 1.54) is 0 Å². The van der Waals surface area contributed by atoms with E-state index in [9.17, 15) is 5.11 Å². The number of β-amino-alcohol motifs (C(OH)–C–C–N with tert-alkyl or cyclic N) is 1. The third-order valence-corrected chi connectivity index (χ3v) is 4.23. The number of fused-ring (bicyclic) bond motifs is 1. The van der Waals surface area contributed by atoms with Gasteiger partial charge in [0, 0.05) is 18.9 Å². The van der Waals surface area contributed by atoms with Crippen molar-refractivity contribution in [2.45, 2.75) is 18.6 Å². The van der Waals surface area contributed by atoms with E-state index in [4.69, 9.17) is 4.74 Å². The Morgan fingerprint density at radius 3 is 3.13 bits per heavy atom. The minimum atomic E-state index is -0.406. The number of rotatable bonds is 3. The van der Waals surface area contributed by atoms with Crippen molar-refractivity contribution < 1.29 is 9.84 Å². The minimum Gasteiger partial charge on any atom is -0.497 e. The van der Waals surface area contributed by atoms with Gasteiger partial charge in [0.25, 0.3) is 0 Å². The molecule has 1 aliphatic rings. The molecule has 0 spiro atoms. The highest BCUT2D eigenvalue weighted by Gasteiger charge is 2.34. The van der Waals surface area contributed by atoms with Gasteiger partial charge in [-0.05, 0) is 24.1 Å². The van der Waals surface area contributed by atoms with Gasteiger partial charge in [-0.25, -0.2) is 4.98 Å². The number of benzene rings is 1. The van der Waals surface area contributed by atoms with E-state index in [1.807, 2.05) is 34.9 Å². The topological polar surface area (TPSA) is 75.8 Å². The third kappa shape index (κ3) is 2.39. The second kappa shape index (κ2) is 5.51. The molecule has 0 bridgehead atoms. The molecular weight excluding hydrogens is 294 g/mol. The number of aromatic nitrogens is 4. The fourth-order valence-corrected chi connectivity index (χ4v) is 3.16. The lowest BCUT2D eigenvalue weighted by Gasteiger charge is -2.26. The van der Waals surface area contributed by atoms with Gasteiger partial charge in [0.05, 0.1) is 19.3 Å². The summed E-state index contributed by atoms with van der Waals surface area (Å²) in [5.41, 5.74) is 1.78. The molecule has 3 aromatic rings. The van der Waals surface area contributed by atoms with E-state index in [0.29, 0.717) is 18.6 Å². The molecule has 2 unspecified atom stereocenters. The molecule has 1 saturated heterocycles. The molecular formula is C16H17N5O2. The molecule has 0 aliphatic carbocycles. The molecule has 1 fully saturated rings. The van der Waals surface area contributed by atoms with Crippen LogP contribution < -0.4 is 9.64 Å². The first-order valence-corrected chi connectivity index (χ1v) is 7.49. The zero-order valence-electron chi connectivity index (χ0n) is 12.7. The number of ether oxygens (including phenoxy) is 1. The summed E-state index contributed by atoms with van der Waals surface area (Å²) in [4.78, 5) is 6.56. The minimum absolute atomic E-state index is 0.0236. The molecule has 3 heterocycles. The first-order valence-electron chi connectivity index (χ1n) is 7.49. The number of hydrogen-bond acceptors (Lipinski definition) is 6. The van der Waals surface area contributed by atoms with Gasteiger partial charge >= 0.3 is 0 Å². The Morgan fingerprint density at radius 2 is 2.26 bits per heavy atom. The Morgan fingerprint density at radius 1 is 1.35 bits per heavy atom. The summed E-state index contributed by atoms with van der Waals surface area (Å²) < 4.78 is 7.15. The van der Waals surface area contributed by atoms with Crippen molar-refractivity contribution in [1.29, 1.82) is 0 Å². The summed E-state index contributed by atoms with van der Waals surface area (Å²) >= 11 is 0. The third-order valence-electron chi connectivity index (χ3n) is 4.23. The van der Waals surface area contributed by atoms with Crippen LogP contribution in [0.2, 0.25) is 0 Å². The Hall–Kier alpha value is -2.67. The van der Waals surface area contributed by atoms with Gasteiger partial charge in [0.1, 0.15) is 12.1 Å². The van der Waals surface area contributed by atoms with E-state index in [-0.39, 0.29) is 6.04 Å². The zero-order valence-corrected chi connectivity index (χ0v) is 12.7. The van der Waals surface area contributed by atoms with Crippen LogP contribution in [-0.2, 0) is 0 Å². The summed E-state index contributed by atoms with van der Waals surface area (Å²) in [5.74, 6) is 1.53. The summed E-state index contributed by atoms with van der Waals surface area (Å²) in [5, 5.41) is 18.3. The Kier molecular flexibility index (Phi) is 3.34. The van der Waals surface area contributed by atoms with Crippen LogP contribution in [0, 0.1) is 0 Å². The molecule has 118 valence electrons. The van der Waals surface area contributed by atoms with Gasteiger partial charge in [-0.15, -0.1) is 10.2 Å². The van der Waals surface area contributed by atoms with E-state index >= 15 is 0 Å². The predicted molar refractivity (Wildman–Crippen MR) is 84.5 cm³/mol. The molecule has 0 amide bonds. The zero-order chi connectivity index (χ0) is 15.8. The number of nitrogens with zero attached hydrogens (tertiary/aromatic N) is 5. The maximum Gasteiger partial charge on any atom is 0.203 e. The Bertz CT molecular complexity index is 834. The smallest absolute Gasteiger partial charge is 0.203 e. The number of aliphatic hydroxyl groups is 1. The quantitative estimate of drug-likeness (QED) is 0.789. The number of methoxy groups -OCH3 is 1. The Balaban J connectivity index is 1.78. The molecule has 1 aliphatic heterocycles. The lowest BCUT2D eigenvalue weighted by molar-refractivity contribution is 0.194. The van der Waals surface area contributed by atoms with Crippen molar-refractivity contribution >= 4 is 11.5 Å². The van der Waals surface area contributed by atoms with Crippen LogP contribution in [0.5, 0.6) is 5.75 Å². The summed E-state index contributed by atoms with van der Waals surface area (Å²) in [7, 11) is 1.65. The van der Waals surface area contributed by atoms with Gasteiger partial charge in [-0.1, -0.05) is 12.1 Å². The molecule has 4 rings (SSSR count). The molecule has 7 nitrogen and oxygen atoms in total. The second-order valence-corrected chi connectivity index (χ2v) is 5.65. The number of aliphatic hydroxyl groups excluding tert-OH is 1. The van der Waals surface area contributed by atoms with Crippen molar-refractivity contribution in [2.75, 3.05) is 18.6 Å². The normalized spacial score (nSPS) is 21.0. The summed E-state index contributed by atoms with van der Waals surface area (Å²) in [6, 6.07) is 7.94. The van der Waals surface area contributed by atoms with Gasteiger partial charge in [-0.3, -0.25) is 4.40 Å². The van der Waals surface area contributed by atoms with Crippen LogP contribution in [0.25, 0.3) is 5.65 Å². The molecule has 1 N–H and O–H groups in total. The first kappa shape index (κ1) is 14.0. The molecule has 2 atom stereocenters. The van der Waals surface area contributed by atoms with E-state index in [0.717, 1.165) is 17.1 Å². The van der Waals surface area contributed by atoms with Crippen LogP contribution in [0.15, 0.2) is 43.0 Å². The van der Waals surface area contributed by atoms with Gasteiger partial charge in [0.15, 0.2) is 5.82 Å². The molecule has 0 saturated carbocycles. The SMILES string of the molecule is COc1cccc(C2CC(O)CN2c2nccn3cnnc23)c1. The van der Waals surface area contributed by atoms with Crippen molar-refractivity contribution in [3.05, 3.63) is 48.5 Å². The first-order chi connectivity index (χ1) is 11.3. The van der Waals surface area contributed by atoms with Crippen molar-refractivity contribution in [3.8, 4) is 5.75 Å². The lowest BCUT2D eigenvalue weighted by atomic mass is 10.0. The highest BCUT2D eigenvalue weighted by atomic mass is 16.5. The van der Waals surface area contributed by atoms with Crippen molar-refractivity contribution in [1.82, 2.24) is 19.6 Å². The number of hydrogen-bond donors (Lipinski definition) is 1. The summed E-state index contributed by atoms with van der Waals surface area (Å²) in [6.07, 6.45) is 5.42. The standard InChI is InChI=1S/C16H17N5O2/c1-23-13-4-2-3-11(7-13)14-8-12(22)9-21(14)15-16-19-18-10-20(16)6-5-17-15/h2-7,10,12,14,22H,8-9H2,1H3. The van der Waals surface area contributed by atoms with E-state index in [1.54, 1.807) is 19.6 Å². The molecule has 23 heavy (non-hydrogen) atoms. The van der Waals surface area contributed by atoms with Crippen LogP contribution in [0.4, 0.5) is 5.82 Å². The number of anilines is 1. The van der Waals surface area contributed by atoms with Crippen molar-refractivity contribution in [2.24, 2.45) is 0 Å². The Labute approximate surface area is 133 Å². The van der Waals surface area contributed by atoms with Crippen LogP contribution in [0.3, 0.4) is 0 Å². The molecule has 7 heteroatoms. The monoisotopic (exact) mass is 311 g/mol. The largest absolute Gasteiger partial charge is 0.497 e. The maximum atomic E-state index is 10.2. The van der Waals surface area contributed by atoms with Crippen molar-refractivity contribution in [3.63, 3.8) is 0 Å². The lowest BCUT2D eigenvalue weighted by Crippen LogP contribution is -2.26. The van der Waals surface area contributed by atoms with Gasteiger partial charge < -0.3 is 14.7 Å². The van der Waals surface area contributed by atoms with Crippen LogP contribution in [0.1, 0.15) is 18.0 Å². The average molecular weight is 311 g/mol. The maximum absolute atomic E-state index is 10.2. The molecule has 0 radical (unpaired) electrons. The van der Waals surface area contributed by atoms with Gasteiger partial charge in [-0.2, -0.15) is 0 Å². The van der Waals surface area contributed by atoms with Crippen LogP contribution in [-0.4, -0.2) is 44.4 Å². The van der Waals surface area contributed by atoms with E-state index in [2.05, 4.69) is 20.1 Å². The summed E-state index contributed by atoms with van der Waals surface area (Å²) in [6.45, 7) is 0.515. The highest BCUT2D eigenvalue weighted by molar-refractivity contribution is 5.65. The van der Waals surface area contributed by atoms with Gasteiger partial charge in [0.2, 0.25) is 5.65 Å². The fraction of sp³-hybridized carbons (Fsp3) is 0.312. The van der Waals surface area contributed by atoms with E-state index < -0.39 is 6.10 Å². The average Bonchev–Trinajstić information content (AvgIpc) is 3.21. The molecule has 1 aromatic carbocycles. The predicted octanol–water partition coefficient (Wildman–Crippen LogP) is 1.45.